The van der Waals surface area contributed by atoms with Crippen molar-refractivity contribution in [2.24, 2.45) is 5.92 Å². The molecule has 0 bridgehead atoms. The van der Waals surface area contributed by atoms with Crippen molar-refractivity contribution in [1.82, 2.24) is 20.0 Å². The van der Waals surface area contributed by atoms with Crippen molar-refractivity contribution in [2.75, 3.05) is 39.9 Å². The number of aromatic nitrogens is 2. The second kappa shape index (κ2) is 11.7. The van der Waals surface area contributed by atoms with E-state index in [0.717, 1.165) is 56.9 Å². The lowest BCUT2D eigenvalue weighted by Gasteiger charge is -2.31. The lowest BCUT2D eigenvalue weighted by atomic mass is 9.97. The average Bonchev–Trinajstić information content (AvgIpc) is 3.29. The summed E-state index contributed by atoms with van der Waals surface area (Å²) in [5.74, 6) is 0.606. The molecule has 1 fully saturated rings. The predicted octanol–water partition coefficient (Wildman–Crippen LogP) is 1.30. The van der Waals surface area contributed by atoms with Gasteiger partial charge in [0.15, 0.2) is 0 Å². The van der Waals surface area contributed by atoms with Crippen LogP contribution in [0.2, 0.25) is 0 Å². The van der Waals surface area contributed by atoms with Crippen LogP contribution in [0.1, 0.15) is 18.4 Å². The summed E-state index contributed by atoms with van der Waals surface area (Å²) in [4.78, 5) is 13.8. The molecule has 1 atom stereocenters. The molecule has 1 aliphatic rings. The summed E-state index contributed by atoms with van der Waals surface area (Å²) in [5.41, 5.74) is 1.13. The number of β-amino-alcohol motifs (C(OH)–C–C–N with tert-alkyl or cyclic N) is 1. The SMILES string of the molecule is COC(=O)C1CCN(CC(O)COc2cccc(CNCCn3cccn3)c2)CC1. The smallest absolute Gasteiger partial charge is 0.308 e. The van der Waals surface area contributed by atoms with Crippen LogP contribution in [0.4, 0.5) is 0 Å². The van der Waals surface area contributed by atoms with Crippen LogP contribution in [-0.4, -0.2) is 71.8 Å². The minimum Gasteiger partial charge on any atom is -0.491 e. The first kappa shape index (κ1) is 22.3. The quantitative estimate of drug-likeness (QED) is 0.422. The molecule has 1 aromatic carbocycles. The molecule has 1 unspecified atom stereocenters. The van der Waals surface area contributed by atoms with Crippen molar-refractivity contribution >= 4 is 5.97 Å². The van der Waals surface area contributed by atoms with Crippen LogP contribution in [0.5, 0.6) is 5.75 Å². The molecule has 30 heavy (non-hydrogen) atoms. The van der Waals surface area contributed by atoms with Crippen molar-refractivity contribution in [2.45, 2.75) is 32.0 Å². The normalized spacial score (nSPS) is 16.3. The molecule has 2 N–H and O–H groups in total. The van der Waals surface area contributed by atoms with Crippen LogP contribution < -0.4 is 10.1 Å². The molecular weight excluding hydrogens is 384 g/mol. The molecule has 1 saturated heterocycles. The largest absolute Gasteiger partial charge is 0.491 e. The molecule has 0 aliphatic carbocycles. The molecule has 0 amide bonds. The third kappa shape index (κ3) is 7.12. The molecule has 1 aromatic heterocycles. The molecule has 0 saturated carbocycles. The van der Waals surface area contributed by atoms with Gasteiger partial charge in [0.25, 0.3) is 0 Å². The summed E-state index contributed by atoms with van der Waals surface area (Å²) >= 11 is 0. The maximum Gasteiger partial charge on any atom is 0.308 e. The van der Waals surface area contributed by atoms with Crippen LogP contribution >= 0.6 is 0 Å². The van der Waals surface area contributed by atoms with E-state index >= 15 is 0 Å². The fourth-order valence-electron chi connectivity index (χ4n) is 3.67. The zero-order valence-corrected chi connectivity index (χ0v) is 17.6. The van der Waals surface area contributed by atoms with Gasteiger partial charge in [-0.05, 0) is 49.7 Å². The Bertz CT molecular complexity index is 760. The van der Waals surface area contributed by atoms with Gasteiger partial charge < -0.3 is 24.8 Å². The van der Waals surface area contributed by atoms with Crippen LogP contribution in [0, 0.1) is 5.92 Å². The number of rotatable bonds is 11. The van der Waals surface area contributed by atoms with Gasteiger partial charge in [0.05, 0.1) is 19.6 Å². The van der Waals surface area contributed by atoms with E-state index in [1.807, 2.05) is 35.1 Å². The Labute approximate surface area is 177 Å². The number of nitrogens with one attached hydrogen (secondary N) is 1. The first-order chi connectivity index (χ1) is 14.6. The minimum absolute atomic E-state index is 0.0180. The monoisotopic (exact) mass is 416 g/mol. The summed E-state index contributed by atoms with van der Waals surface area (Å²) in [6.45, 7) is 4.77. The molecule has 3 rings (SSSR count). The Kier molecular flexibility index (Phi) is 8.67. The van der Waals surface area contributed by atoms with Gasteiger partial charge >= 0.3 is 5.97 Å². The lowest BCUT2D eigenvalue weighted by Crippen LogP contribution is -2.42. The first-order valence-corrected chi connectivity index (χ1v) is 10.5. The van der Waals surface area contributed by atoms with Crippen molar-refractivity contribution < 1.29 is 19.4 Å². The minimum atomic E-state index is -0.574. The van der Waals surface area contributed by atoms with Gasteiger partial charge in [0, 0.05) is 32.0 Å². The fourth-order valence-corrected chi connectivity index (χ4v) is 3.67. The number of nitrogens with zero attached hydrogens (tertiary/aromatic N) is 3. The molecule has 1 aliphatic heterocycles. The number of hydrogen-bond donors (Lipinski definition) is 2. The number of carbonyl (C=O) groups is 1. The first-order valence-electron chi connectivity index (χ1n) is 10.5. The van der Waals surface area contributed by atoms with E-state index in [9.17, 15) is 9.90 Å². The Morgan fingerprint density at radius 2 is 2.17 bits per heavy atom. The Hall–Kier alpha value is -2.42. The zero-order valence-electron chi connectivity index (χ0n) is 17.6. The van der Waals surface area contributed by atoms with Crippen LogP contribution in [0.3, 0.4) is 0 Å². The topological polar surface area (TPSA) is 88.9 Å². The highest BCUT2D eigenvalue weighted by molar-refractivity contribution is 5.72. The number of esters is 1. The van der Waals surface area contributed by atoms with Gasteiger partial charge in [-0.25, -0.2) is 0 Å². The number of aliphatic hydroxyl groups excluding tert-OH is 1. The van der Waals surface area contributed by atoms with Gasteiger partial charge in [-0.1, -0.05) is 12.1 Å². The average molecular weight is 417 g/mol. The number of piperidine rings is 1. The second-order valence-electron chi connectivity index (χ2n) is 7.66. The zero-order chi connectivity index (χ0) is 21.2. The highest BCUT2D eigenvalue weighted by atomic mass is 16.5. The third-order valence-electron chi connectivity index (χ3n) is 5.34. The lowest BCUT2D eigenvalue weighted by molar-refractivity contribution is -0.147. The maximum absolute atomic E-state index is 11.6. The van der Waals surface area contributed by atoms with E-state index in [-0.39, 0.29) is 18.5 Å². The number of likely N-dealkylation sites (tertiary alicyclic amines) is 1. The van der Waals surface area contributed by atoms with E-state index in [2.05, 4.69) is 21.4 Å². The third-order valence-corrected chi connectivity index (χ3v) is 5.34. The summed E-state index contributed by atoms with van der Waals surface area (Å²) in [5, 5.41) is 17.9. The molecule has 8 heteroatoms. The van der Waals surface area contributed by atoms with Gasteiger partial charge in [-0.3, -0.25) is 9.48 Å². The predicted molar refractivity (Wildman–Crippen MR) is 113 cm³/mol. The van der Waals surface area contributed by atoms with Crippen LogP contribution in [0.15, 0.2) is 42.7 Å². The molecule has 0 spiro atoms. The number of hydrogen-bond acceptors (Lipinski definition) is 7. The van der Waals surface area contributed by atoms with E-state index in [1.165, 1.54) is 7.11 Å². The molecule has 8 nitrogen and oxygen atoms in total. The van der Waals surface area contributed by atoms with Crippen molar-refractivity contribution in [3.63, 3.8) is 0 Å². The van der Waals surface area contributed by atoms with Gasteiger partial charge in [-0.15, -0.1) is 0 Å². The van der Waals surface area contributed by atoms with E-state index in [4.69, 9.17) is 9.47 Å². The van der Waals surface area contributed by atoms with Crippen molar-refractivity contribution in [3.8, 4) is 5.75 Å². The van der Waals surface area contributed by atoms with Crippen molar-refractivity contribution in [3.05, 3.63) is 48.3 Å². The van der Waals surface area contributed by atoms with E-state index < -0.39 is 6.10 Å². The number of ether oxygens (including phenoxy) is 2. The number of benzene rings is 1. The number of aliphatic hydroxyl groups is 1. The van der Waals surface area contributed by atoms with Gasteiger partial charge in [0.1, 0.15) is 18.5 Å². The standard InChI is InChI=1S/C22H32N4O4/c1-29-22(28)19-6-11-25(12-7-19)16-20(27)17-30-21-5-2-4-18(14-21)15-23-9-13-26-10-3-8-24-26/h2-5,8,10,14,19-20,23,27H,6-7,9,11-13,15-17H2,1H3. The maximum atomic E-state index is 11.6. The number of carbonyl (C=O) groups excluding carboxylic acids is 1. The van der Waals surface area contributed by atoms with Crippen molar-refractivity contribution in [1.29, 1.82) is 0 Å². The van der Waals surface area contributed by atoms with Gasteiger partial charge in [0.2, 0.25) is 0 Å². The highest BCUT2D eigenvalue weighted by Crippen LogP contribution is 2.19. The summed E-state index contributed by atoms with van der Waals surface area (Å²) in [7, 11) is 1.43. The summed E-state index contributed by atoms with van der Waals surface area (Å²) < 4.78 is 12.5. The molecule has 164 valence electrons. The molecule has 0 radical (unpaired) electrons. The summed E-state index contributed by atoms with van der Waals surface area (Å²) in [6.07, 6.45) is 4.70. The molecule has 2 heterocycles. The highest BCUT2D eigenvalue weighted by Gasteiger charge is 2.26. The van der Waals surface area contributed by atoms with E-state index in [1.54, 1.807) is 6.20 Å². The van der Waals surface area contributed by atoms with E-state index in [0.29, 0.717) is 6.54 Å². The number of methoxy groups -OCH3 is 1. The van der Waals surface area contributed by atoms with Gasteiger partial charge in [-0.2, -0.15) is 5.10 Å². The summed E-state index contributed by atoms with van der Waals surface area (Å²) in [6, 6.07) is 9.83. The fraction of sp³-hybridized carbons (Fsp3) is 0.545. The Balaban J connectivity index is 1.34. The Morgan fingerprint density at radius 3 is 2.90 bits per heavy atom. The second-order valence-corrected chi connectivity index (χ2v) is 7.66. The Morgan fingerprint density at radius 1 is 1.33 bits per heavy atom. The van der Waals surface area contributed by atoms with Crippen LogP contribution in [0.25, 0.3) is 0 Å². The molecular formula is C22H32N4O4. The molecule has 2 aromatic rings. The van der Waals surface area contributed by atoms with Crippen LogP contribution in [-0.2, 0) is 22.6 Å².